The highest BCUT2D eigenvalue weighted by atomic mass is 35.5. The molecule has 0 aliphatic rings. The zero-order chi connectivity index (χ0) is 15.2. The minimum absolute atomic E-state index is 0.269. The summed E-state index contributed by atoms with van der Waals surface area (Å²) in [5.41, 5.74) is 1.14. The first-order valence-electron chi connectivity index (χ1n) is 6.47. The Morgan fingerprint density at radius 3 is 2.57 bits per heavy atom. The molecule has 0 fully saturated rings. The van der Waals surface area contributed by atoms with Crippen LogP contribution in [0.2, 0.25) is 5.02 Å². The fourth-order valence-electron chi connectivity index (χ4n) is 1.81. The molecule has 2 aromatic carbocycles. The van der Waals surface area contributed by atoms with Crippen LogP contribution in [0.15, 0.2) is 47.4 Å². The second-order valence-electron chi connectivity index (χ2n) is 4.30. The van der Waals surface area contributed by atoms with Crippen molar-refractivity contribution < 1.29 is 14.6 Å². The van der Waals surface area contributed by atoms with E-state index in [0.717, 1.165) is 16.2 Å². The average molecular weight is 323 g/mol. The fourth-order valence-corrected chi connectivity index (χ4v) is 2.82. The first-order chi connectivity index (χ1) is 10.1. The maximum atomic E-state index is 11.1. The van der Waals surface area contributed by atoms with Crippen molar-refractivity contribution >= 4 is 29.3 Å². The highest BCUT2D eigenvalue weighted by Gasteiger charge is 2.10. The molecule has 0 amide bonds. The molecule has 0 aromatic heterocycles. The monoisotopic (exact) mass is 322 g/mol. The van der Waals surface area contributed by atoms with Crippen LogP contribution in [0.3, 0.4) is 0 Å². The van der Waals surface area contributed by atoms with Gasteiger partial charge in [-0.2, -0.15) is 0 Å². The summed E-state index contributed by atoms with van der Waals surface area (Å²) in [6.07, 6.45) is 0. The molecular weight excluding hydrogens is 308 g/mol. The molecule has 21 heavy (non-hydrogen) atoms. The minimum atomic E-state index is -0.934. The number of benzene rings is 2. The predicted molar refractivity (Wildman–Crippen MR) is 85.6 cm³/mol. The molecule has 110 valence electrons. The quantitative estimate of drug-likeness (QED) is 0.781. The van der Waals surface area contributed by atoms with Gasteiger partial charge in [0.15, 0.2) is 0 Å². The van der Waals surface area contributed by atoms with Crippen molar-refractivity contribution in [1.29, 1.82) is 0 Å². The molecule has 5 heteroatoms. The fraction of sp³-hybridized carbons (Fsp3) is 0.188. The van der Waals surface area contributed by atoms with Gasteiger partial charge < -0.3 is 9.84 Å². The third-order valence-corrected chi connectivity index (χ3v) is 4.13. The molecule has 0 saturated carbocycles. The summed E-state index contributed by atoms with van der Waals surface area (Å²) in [5, 5.41) is 9.78. The minimum Gasteiger partial charge on any atom is -0.494 e. The van der Waals surface area contributed by atoms with E-state index in [-0.39, 0.29) is 5.56 Å². The summed E-state index contributed by atoms with van der Waals surface area (Å²) >= 11 is 7.47. The van der Waals surface area contributed by atoms with Gasteiger partial charge in [0, 0.05) is 21.2 Å². The number of hydrogen-bond acceptors (Lipinski definition) is 3. The summed E-state index contributed by atoms with van der Waals surface area (Å²) in [4.78, 5) is 12.1. The van der Waals surface area contributed by atoms with Crippen LogP contribution in [-0.4, -0.2) is 17.7 Å². The third-order valence-electron chi connectivity index (χ3n) is 2.82. The smallest absolute Gasteiger partial charge is 0.335 e. The molecule has 0 unspecified atom stereocenters. The number of carboxylic acid groups (broad SMARTS) is 1. The van der Waals surface area contributed by atoms with Gasteiger partial charge in [0.25, 0.3) is 0 Å². The van der Waals surface area contributed by atoms with E-state index in [9.17, 15) is 4.79 Å². The Morgan fingerprint density at radius 1 is 1.24 bits per heavy atom. The van der Waals surface area contributed by atoms with E-state index in [1.807, 2.05) is 31.2 Å². The third kappa shape index (κ3) is 4.41. The van der Waals surface area contributed by atoms with Crippen molar-refractivity contribution in [2.45, 2.75) is 17.6 Å². The molecular formula is C16H15ClO3S. The number of carbonyl (C=O) groups is 1. The topological polar surface area (TPSA) is 46.5 Å². The maximum absolute atomic E-state index is 11.1. The van der Waals surface area contributed by atoms with Crippen LogP contribution in [0, 0.1) is 0 Å². The molecule has 1 N–H and O–H groups in total. The Kier molecular flexibility index (Phi) is 5.53. The molecule has 0 saturated heterocycles. The van der Waals surface area contributed by atoms with E-state index in [0.29, 0.717) is 17.4 Å². The summed E-state index contributed by atoms with van der Waals surface area (Å²) in [6.45, 7) is 2.45. The Balaban J connectivity index is 2.17. The van der Waals surface area contributed by atoms with Gasteiger partial charge in [-0.15, -0.1) is 11.8 Å². The first kappa shape index (κ1) is 15.7. The van der Waals surface area contributed by atoms with Gasteiger partial charge in [0.05, 0.1) is 12.2 Å². The summed E-state index contributed by atoms with van der Waals surface area (Å²) in [7, 11) is 0. The lowest BCUT2D eigenvalue weighted by Crippen LogP contribution is -2.01. The zero-order valence-corrected chi connectivity index (χ0v) is 13.1. The highest BCUT2D eigenvalue weighted by molar-refractivity contribution is 7.98. The van der Waals surface area contributed by atoms with E-state index in [4.69, 9.17) is 21.4 Å². The number of ether oxygens (including phenoxy) is 1. The number of hydrogen-bond donors (Lipinski definition) is 1. The van der Waals surface area contributed by atoms with E-state index in [1.54, 1.807) is 30.0 Å². The number of rotatable bonds is 6. The van der Waals surface area contributed by atoms with Gasteiger partial charge in [-0.05, 0) is 49.4 Å². The van der Waals surface area contributed by atoms with Gasteiger partial charge in [-0.3, -0.25) is 0 Å². The lowest BCUT2D eigenvalue weighted by molar-refractivity contribution is 0.0696. The Bertz CT molecular complexity index is 626. The van der Waals surface area contributed by atoms with E-state index in [1.165, 1.54) is 0 Å². The largest absolute Gasteiger partial charge is 0.494 e. The Hall–Kier alpha value is -1.65. The van der Waals surface area contributed by atoms with Crippen molar-refractivity contribution in [2.24, 2.45) is 0 Å². The lowest BCUT2D eigenvalue weighted by atomic mass is 10.1. The van der Waals surface area contributed by atoms with E-state index >= 15 is 0 Å². The zero-order valence-electron chi connectivity index (χ0n) is 11.5. The molecule has 2 rings (SSSR count). The lowest BCUT2D eigenvalue weighted by Gasteiger charge is -2.11. The van der Waals surface area contributed by atoms with Gasteiger partial charge in [-0.25, -0.2) is 4.79 Å². The highest BCUT2D eigenvalue weighted by Crippen LogP contribution is 2.29. The van der Waals surface area contributed by atoms with Crippen LogP contribution in [0.4, 0.5) is 0 Å². The molecule has 2 aromatic rings. The first-order valence-corrected chi connectivity index (χ1v) is 7.84. The van der Waals surface area contributed by atoms with Crippen LogP contribution in [0.5, 0.6) is 5.75 Å². The van der Waals surface area contributed by atoms with Crippen LogP contribution < -0.4 is 4.74 Å². The molecule has 3 nitrogen and oxygen atoms in total. The van der Waals surface area contributed by atoms with Crippen molar-refractivity contribution in [3.05, 3.63) is 58.6 Å². The predicted octanol–water partition coefficient (Wildman–Crippen LogP) is 4.73. The number of thioether (sulfide) groups is 1. The van der Waals surface area contributed by atoms with Crippen molar-refractivity contribution in [2.75, 3.05) is 6.61 Å². The maximum Gasteiger partial charge on any atom is 0.335 e. The molecule has 0 heterocycles. The van der Waals surface area contributed by atoms with E-state index < -0.39 is 5.97 Å². The Labute approximate surface area is 132 Å². The average Bonchev–Trinajstić information content (AvgIpc) is 2.48. The second-order valence-corrected chi connectivity index (χ2v) is 5.79. The standard InChI is InChI=1S/C16H15ClO3S/c1-2-20-15-8-3-11(16(18)19)9-12(15)10-21-14-6-4-13(17)5-7-14/h3-9H,2,10H2,1H3,(H,18,19). The van der Waals surface area contributed by atoms with Gasteiger partial charge >= 0.3 is 5.97 Å². The van der Waals surface area contributed by atoms with Crippen LogP contribution >= 0.6 is 23.4 Å². The number of carboxylic acids is 1. The summed E-state index contributed by atoms with van der Waals surface area (Å²) in [5.74, 6) is 0.428. The van der Waals surface area contributed by atoms with E-state index in [2.05, 4.69) is 0 Å². The molecule has 0 bridgehead atoms. The summed E-state index contributed by atoms with van der Waals surface area (Å²) < 4.78 is 5.55. The molecule has 0 aliphatic carbocycles. The van der Waals surface area contributed by atoms with Crippen molar-refractivity contribution in [1.82, 2.24) is 0 Å². The van der Waals surface area contributed by atoms with Gasteiger partial charge in [0.1, 0.15) is 5.75 Å². The normalized spacial score (nSPS) is 10.4. The van der Waals surface area contributed by atoms with Gasteiger partial charge in [0.2, 0.25) is 0 Å². The van der Waals surface area contributed by atoms with Crippen molar-refractivity contribution in [3.8, 4) is 5.75 Å². The number of halogens is 1. The van der Waals surface area contributed by atoms with Crippen LogP contribution in [0.1, 0.15) is 22.8 Å². The molecule has 0 atom stereocenters. The Morgan fingerprint density at radius 2 is 1.95 bits per heavy atom. The molecule has 0 spiro atoms. The summed E-state index contributed by atoms with van der Waals surface area (Å²) in [6, 6.07) is 12.5. The molecule has 0 aliphatic heterocycles. The van der Waals surface area contributed by atoms with Crippen LogP contribution in [-0.2, 0) is 5.75 Å². The van der Waals surface area contributed by atoms with Crippen molar-refractivity contribution in [3.63, 3.8) is 0 Å². The molecule has 0 radical (unpaired) electrons. The van der Waals surface area contributed by atoms with Gasteiger partial charge in [-0.1, -0.05) is 11.6 Å². The SMILES string of the molecule is CCOc1ccc(C(=O)O)cc1CSc1ccc(Cl)cc1. The number of aromatic carboxylic acids is 1. The van der Waals surface area contributed by atoms with Crippen LogP contribution in [0.25, 0.3) is 0 Å². The second kappa shape index (κ2) is 7.38.